The Hall–Kier alpha value is -3.22. The lowest BCUT2D eigenvalue weighted by atomic mass is 9.56. The van der Waals surface area contributed by atoms with Crippen LogP contribution in [0.3, 0.4) is 0 Å². The number of nitrogens with one attached hydrogen (secondary N) is 1. The highest BCUT2D eigenvalue weighted by Crippen LogP contribution is 2.55. The van der Waals surface area contributed by atoms with Crippen LogP contribution in [0.15, 0.2) is 48.5 Å². The Morgan fingerprint density at radius 1 is 1.07 bits per heavy atom. The molecule has 45 heavy (non-hydrogen) atoms. The molecule has 1 N–H and O–H groups in total. The van der Waals surface area contributed by atoms with Crippen LogP contribution in [-0.4, -0.2) is 47.9 Å². The summed E-state index contributed by atoms with van der Waals surface area (Å²) in [6, 6.07) is 16.0. The smallest absolute Gasteiger partial charge is 0.356 e. The normalized spacial score (nSPS) is 27.8. The van der Waals surface area contributed by atoms with Gasteiger partial charge in [0.25, 0.3) is 0 Å². The first-order valence-electron chi connectivity index (χ1n) is 17.4. The quantitative estimate of drug-likeness (QED) is 0.261. The summed E-state index contributed by atoms with van der Waals surface area (Å²) in [5, 5.41) is 2.83. The van der Waals surface area contributed by atoms with E-state index in [9.17, 15) is 14.4 Å². The molecule has 1 saturated heterocycles. The number of aromatic nitrogens is 1. The van der Waals surface area contributed by atoms with Gasteiger partial charge in [-0.25, -0.2) is 9.78 Å². The van der Waals surface area contributed by atoms with Crippen molar-refractivity contribution in [1.82, 2.24) is 9.88 Å². The van der Waals surface area contributed by atoms with E-state index >= 15 is 0 Å². The molecule has 1 aromatic heterocycles. The van der Waals surface area contributed by atoms with Gasteiger partial charge in [-0.3, -0.25) is 9.59 Å². The zero-order valence-electron chi connectivity index (χ0n) is 27.9. The summed E-state index contributed by atoms with van der Waals surface area (Å²) >= 11 is 0. The largest absolute Gasteiger partial charge is 0.464 e. The number of carbonyl (C=O) groups is 3. The minimum atomic E-state index is -0.560. The van der Waals surface area contributed by atoms with E-state index in [0.29, 0.717) is 18.4 Å². The van der Waals surface area contributed by atoms with Gasteiger partial charge in [0, 0.05) is 12.5 Å². The second kappa shape index (κ2) is 14.5. The first-order valence-corrected chi connectivity index (χ1v) is 17.4. The Morgan fingerprint density at radius 3 is 2.44 bits per heavy atom. The molecule has 3 unspecified atom stereocenters. The van der Waals surface area contributed by atoms with Crippen LogP contribution in [0.5, 0.6) is 0 Å². The summed E-state index contributed by atoms with van der Waals surface area (Å²) in [5.74, 6) is 1.16. The Bertz CT molecular complexity index is 1320. The standard InChI is InChI=1S/C38H53N3O4/c1-5-11-27(2)23-38(31-14-7-6-8-15-31)20-18-37(19-21-38)24-30(22-29-12-9-13-29)28(3)35(43)41(26-37)25-34(42)40-33-17-10-16-32(39-33)36(44)45-4/h6-8,10,14-17,27-30H,5,9,11-13,18-26H2,1-4H3,(H,39,40,42)/t27?,28?,30?,37-,38+. The third-order valence-electron chi connectivity index (χ3n) is 11.4. The molecule has 0 radical (unpaired) electrons. The summed E-state index contributed by atoms with van der Waals surface area (Å²) in [4.78, 5) is 45.5. The maximum absolute atomic E-state index is 14.1. The molecule has 3 fully saturated rings. The molecule has 244 valence electrons. The maximum atomic E-state index is 14.1. The minimum Gasteiger partial charge on any atom is -0.464 e. The summed E-state index contributed by atoms with van der Waals surface area (Å²) in [5.41, 5.74) is 1.75. The number of esters is 1. The Labute approximate surface area is 269 Å². The monoisotopic (exact) mass is 615 g/mol. The van der Waals surface area contributed by atoms with Gasteiger partial charge >= 0.3 is 5.97 Å². The van der Waals surface area contributed by atoms with Gasteiger partial charge in [0.05, 0.1) is 13.7 Å². The highest BCUT2D eigenvalue weighted by molar-refractivity contribution is 5.95. The van der Waals surface area contributed by atoms with Gasteiger partial charge in [-0.15, -0.1) is 0 Å². The topological polar surface area (TPSA) is 88.6 Å². The summed E-state index contributed by atoms with van der Waals surface area (Å²) < 4.78 is 4.78. The third-order valence-corrected chi connectivity index (χ3v) is 11.4. The Morgan fingerprint density at radius 2 is 1.80 bits per heavy atom. The van der Waals surface area contributed by atoms with E-state index in [2.05, 4.69) is 61.4 Å². The zero-order valence-corrected chi connectivity index (χ0v) is 27.9. The van der Waals surface area contributed by atoms with Gasteiger partial charge < -0.3 is 15.0 Å². The van der Waals surface area contributed by atoms with Crippen molar-refractivity contribution in [2.45, 2.75) is 103 Å². The van der Waals surface area contributed by atoms with Crippen molar-refractivity contribution in [2.24, 2.45) is 29.1 Å². The Kier molecular flexibility index (Phi) is 10.7. The van der Waals surface area contributed by atoms with Gasteiger partial charge in [0.2, 0.25) is 11.8 Å². The first kappa shape index (κ1) is 33.2. The second-order valence-corrected chi connectivity index (χ2v) is 14.7. The highest BCUT2D eigenvalue weighted by atomic mass is 16.5. The maximum Gasteiger partial charge on any atom is 0.356 e. The number of rotatable bonds is 11. The van der Waals surface area contributed by atoms with Crippen LogP contribution in [0.25, 0.3) is 0 Å². The summed E-state index contributed by atoms with van der Waals surface area (Å²) in [7, 11) is 1.30. The number of carbonyl (C=O) groups excluding carboxylic acids is 3. The van der Waals surface area contributed by atoms with Crippen LogP contribution >= 0.6 is 0 Å². The molecule has 2 aliphatic carbocycles. The minimum absolute atomic E-state index is 0.00440. The van der Waals surface area contributed by atoms with E-state index in [1.165, 1.54) is 51.2 Å². The predicted octanol–water partition coefficient (Wildman–Crippen LogP) is 7.81. The molecular weight excluding hydrogens is 562 g/mol. The van der Waals surface area contributed by atoms with Crippen molar-refractivity contribution in [1.29, 1.82) is 0 Å². The average Bonchev–Trinajstić information content (AvgIpc) is 3.11. The molecule has 7 heteroatoms. The fourth-order valence-electron chi connectivity index (χ4n) is 8.71. The number of likely N-dealkylation sites (tertiary alicyclic amines) is 1. The van der Waals surface area contributed by atoms with Crippen LogP contribution in [0.4, 0.5) is 5.82 Å². The highest BCUT2D eigenvalue weighted by Gasteiger charge is 2.49. The molecular formula is C38H53N3O4. The predicted molar refractivity (Wildman–Crippen MR) is 178 cm³/mol. The number of pyridine rings is 1. The van der Waals surface area contributed by atoms with Crippen LogP contribution in [0.2, 0.25) is 0 Å². The number of amides is 2. The third kappa shape index (κ3) is 7.78. The molecule has 2 aromatic rings. The lowest BCUT2D eigenvalue weighted by Crippen LogP contribution is -2.47. The van der Waals surface area contributed by atoms with E-state index in [-0.39, 0.29) is 46.6 Å². The second-order valence-electron chi connectivity index (χ2n) is 14.7. The van der Waals surface area contributed by atoms with Crippen LogP contribution in [0.1, 0.15) is 114 Å². The van der Waals surface area contributed by atoms with E-state index in [1.54, 1.807) is 18.2 Å². The van der Waals surface area contributed by atoms with Crippen LogP contribution in [-0.2, 0) is 19.7 Å². The molecule has 2 saturated carbocycles. The molecule has 2 heterocycles. The zero-order chi connectivity index (χ0) is 32.0. The molecule has 1 aliphatic heterocycles. The number of anilines is 1. The van der Waals surface area contributed by atoms with Crippen molar-refractivity contribution in [3.8, 4) is 0 Å². The number of benzene rings is 1. The van der Waals surface area contributed by atoms with Crippen molar-refractivity contribution in [3.63, 3.8) is 0 Å². The molecule has 3 atom stereocenters. The SMILES string of the molecule is CCCC(C)C[C@]1(c2ccccc2)CC[C@@]2(CC1)CC(CC1CCC1)C(C)C(=O)N(CC(=O)Nc1cccc(C(=O)OC)n1)C2. The number of hydrogen-bond acceptors (Lipinski definition) is 5. The van der Waals surface area contributed by atoms with Gasteiger partial charge in [-0.1, -0.05) is 89.3 Å². The van der Waals surface area contributed by atoms with Gasteiger partial charge in [-0.2, -0.15) is 0 Å². The van der Waals surface area contributed by atoms with Crippen LogP contribution in [0, 0.1) is 29.1 Å². The lowest BCUT2D eigenvalue weighted by molar-refractivity contribution is -0.139. The van der Waals surface area contributed by atoms with Gasteiger partial charge in [0.1, 0.15) is 5.82 Å². The van der Waals surface area contributed by atoms with Gasteiger partial charge in [0.15, 0.2) is 5.69 Å². The lowest BCUT2D eigenvalue weighted by Gasteiger charge is -2.49. The first-order chi connectivity index (χ1) is 21.7. The van der Waals surface area contributed by atoms with Crippen molar-refractivity contribution >= 4 is 23.6 Å². The van der Waals surface area contributed by atoms with Crippen molar-refractivity contribution in [2.75, 3.05) is 25.5 Å². The van der Waals surface area contributed by atoms with Crippen molar-refractivity contribution < 1.29 is 19.1 Å². The Balaban J connectivity index is 1.37. The molecule has 1 spiro atoms. The van der Waals surface area contributed by atoms with E-state index in [1.807, 2.05) is 4.90 Å². The molecule has 1 aromatic carbocycles. The summed E-state index contributed by atoms with van der Waals surface area (Å²) in [6.45, 7) is 7.40. The number of ether oxygens (including phenoxy) is 1. The molecule has 5 rings (SSSR count). The molecule has 3 aliphatic rings. The van der Waals surface area contributed by atoms with Crippen LogP contribution < -0.4 is 5.32 Å². The van der Waals surface area contributed by atoms with E-state index < -0.39 is 5.97 Å². The molecule has 0 bridgehead atoms. The van der Waals surface area contributed by atoms with Gasteiger partial charge in [-0.05, 0) is 91.2 Å². The van der Waals surface area contributed by atoms with Crippen molar-refractivity contribution in [3.05, 3.63) is 59.8 Å². The fraction of sp³-hybridized carbons (Fsp3) is 0.632. The van der Waals surface area contributed by atoms with E-state index in [0.717, 1.165) is 44.4 Å². The molecule has 7 nitrogen and oxygen atoms in total. The number of nitrogens with zero attached hydrogens (tertiary/aromatic N) is 2. The average molecular weight is 616 g/mol. The summed E-state index contributed by atoms with van der Waals surface area (Å²) in [6.07, 6.45) is 14.1. The number of methoxy groups -OCH3 is 1. The number of hydrogen-bond donors (Lipinski definition) is 1. The molecule has 2 amide bonds. The fourth-order valence-corrected chi connectivity index (χ4v) is 8.71. The van der Waals surface area contributed by atoms with E-state index in [4.69, 9.17) is 4.74 Å².